The zero-order valence-electron chi connectivity index (χ0n) is 8.33. The number of carbonyl (C=O) groups excluding carboxylic acids is 1. The molecule has 1 atom stereocenters. The standard InChI is InChI=1S/C9H16N2OS/c1-4-11-8(12)7(5-6(2)3)10-9(11)13/h6-7H,4-5H2,1-3H3,(H,10,13). The summed E-state index contributed by atoms with van der Waals surface area (Å²) in [5.74, 6) is 0.641. The van der Waals surface area contributed by atoms with Crippen LogP contribution in [0.25, 0.3) is 0 Å². The van der Waals surface area contributed by atoms with E-state index in [9.17, 15) is 4.79 Å². The van der Waals surface area contributed by atoms with Gasteiger partial charge in [-0.05, 0) is 31.5 Å². The van der Waals surface area contributed by atoms with Crippen LogP contribution in [0.5, 0.6) is 0 Å². The third kappa shape index (κ3) is 2.18. The average molecular weight is 200 g/mol. The van der Waals surface area contributed by atoms with Crippen LogP contribution >= 0.6 is 12.2 Å². The summed E-state index contributed by atoms with van der Waals surface area (Å²) in [4.78, 5) is 13.3. The molecular weight excluding hydrogens is 184 g/mol. The molecule has 1 saturated heterocycles. The van der Waals surface area contributed by atoms with Crippen LogP contribution in [0.2, 0.25) is 0 Å². The summed E-state index contributed by atoms with van der Waals surface area (Å²) in [6, 6.07) is -0.0903. The first kappa shape index (κ1) is 10.4. The van der Waals surface area contributed by atoms with Crippen molar-refractivity contribution in [2.45, 2.75) is 33.2 Å². The van der Waals surface area contributed by atoms with Gasteiger partial charge in [0, 0.05) is 6.54 Å². The second-order valence-electron chi connectivity index (χ2n) is 3.71. The van der Waals surface area contributed by atoms with Crippen molar-refractivity contribution >= 4 is 23.2 Å². The summed E-state index contributed by atoms with van der Waals surface area (Å²) in [5, 5.41) is 3.63. The quantitative estimate of drug-likeness (QED) is 0.693. The van der Waals surface area contributed by atoms with E-state index >= 15 is 0 Å². The number of thiocarbonyl (C=S) groups is 1. The summed E-state index contributed by atoms with van der Waals surface area (Å²) in [6.07, 6.45) is 0.857. The first-order valence-corrected chi connectivity index (χ1v) is 5.09. The van der Waals surface area contributed by atoms with E-state index < -0.39 is 0 Å². The molecule has 1 aliphatic heterocycles. The Morgan fingerprint density at radius 3 is 2.62 bits per heavy atom. The number of nitrogens with one attached hydrogen (secondary N) is 1. The Bertz CT molecular complexity index is 228. The fraction of sp³-hybridized carbons (Fsp3) is 0.778. The fourth-order valence-corrected chi connectivity index (χ4v) is 1.87. The van der Waals surface area contributed by atoms with Crippen LogP contribution in [0.4, 0.5) is 0 Å². The van der Waals surface area contributed by atoms with Crippen LogP contribution in [-0.2, 0) is 4.79 Å². The molecule has 0 aromatic heterocycles. The summed E-state index contributed by atoms with van der Waals surface area (Å²) in [5.41, 5.74) is 0. The minimum Gasteiger partial charge on any atom is -0.350 e. The van der Waals surface area contributed by atoms with E-state index in [4.69, 9.17) is 12.2 Å². The first-order valence-electron chi connectivity index (χ1n) is 4.68. The van der Waals surface area contributed by atoms with Gasteiger partial charge in [-0.3, -0.25) is 9.69 Å². The van der Waals surface area contributed by atoms with Gasteiger partial charge in [0.1, 0.15) is 6.04 Å². The highest BCUT2D eigenvalue weighted by molar-refractivity contribution is 7.80. The summed E-state index contributed by atoms with van der Waals surface area (Å²) in [6.45, 7) is 6.81. The molecule has 1 heterocycles. The summed E-state index contributed by atoms with van der Waals surface area (Å²) < 4.78 is 0. The van der Waals surface area contributed by atoms with E-state index in [0.29, 0.717) is 17.6 Å². The van der Waals surface area contributed by atoms with Crippen molar-refractivity contribution in [3.05, 3.63) is 0 Å². The number of likely N-dealkylation sites (N-methyl/N-ethyl adjacent to an activating group) is 1. The molecule has 0 aromatic rings. The van der Waals surface area contributed by atoms with Crippen molar-refractivity contribution in [2.24, 2.45) is 5.92 Å². The monoisotopic (exact) mass is 200 g/mol. The molecule has 0 radical (unpaired) electrons. The lowest BCUT2D eigenvalue weighted by Crippen LogP contribution is -2.31. The van der Waals surface area contributed by atoms with E-state index in [1.54, 1.807) is 4.90 Å². The molecule has 1 aliphatic rings. The molecular formula is C9H16N2OS. The van der Waals surface area contributed by atoms with Gasteiger partial charge in [0.2, 0.25) is 0 Å². The topological polar surface area (TPSA) is 32.3 Å². The number of amides is 1. The maximum atomic E-state index is 11.7. The number of nitrogens with zero attached hydrogens (tertiary/aromatic N) is 1. The van der Waals surface area contributed by atoms with Gasteiger partial charge in [-0.1, -0.05) is 13.8 Å². The van der Waals surface area contributed by atoms with Crippen LogP contribution in [0.3, 0.4) is 0 Å². The van der Waals surface area contributed by atoms with E-state index in [-0.39, 0.29) is 11.9 Å². The normalized spacial score (nSPS) is 22.8. The average Bonchev–Trinajstić information content (AvgIpc) is 2.26. The van der Waals surface area contributed by atoms with Gasteiger partial charge < -0.3 is 5.32 Å². The molecule has 4 heteroatoms. The molecule has 0 saturated carbocycles. The largest absolute Gasteiger partial charge is 0.350 e. The molecule has 1 unspecified atom stereocenters. The van der Waals surface area contributed by atoms with Crippen LogP contribution in [0.15, 0.2) is 0 Å². The van der Waals surface area contributed by atoms with Gasteiger partial charge >= 0.3 is 0 Å². The lowest BCUT2D eigenvalue weighted by molar-refractivity contribution is -0.127. The van der Waals surface area contributed by atoms with Gasteiger partial charge in [-0.25, -0.2) is 0 Å². The zero-order chi connectivity index (χ0) is 10.0. The minimum atomic E-state index is -0.0903. The predicted molar refractivity (Wildman–Crippen MR) is 56.4 cm³/mol. The van der Waals surface area contributed by atoms with E-state index in [0.717, 1.165) is 6.42 Å². The lowest BCUT2D eigenvalue weighted by Gasteiger charge is -2.12. The smallest absolute Gasteiger partial charge is 0.251 e. The van der Waals surface area contributed by atoms with Gasteiger partial charge in [0.05, 0.1) is 0 Å². The number of hydrogen-bond acceptors (Lipinski definition) is 2. The maximum absolute atomic E-state index is 11.7. The Labute approximate surface area is 84.5 Å². The Kier molecular flexibility index (Phi) is 3.25. The molecule has 3 nitrogen and oxygen atoms in total. The highest BCUT2D eigenvalue weighted by Crippen LogP contribution is 2.13. The molecule has 0 spiro atoms. The Morgan fingerprint density at radius 2 is 2.23 bits per heavy atom. The Balaban J connectivity index is 2.62. The van der Waals surface area contributed by atoms with Crippen molar-refractivity contribution in [2.75, 3.05) is 6.54 Å². The highest BCUT2D eigenvalue weighted by Gasteiger charge is 2.34. The molecule has 1 N–H and O–H groups in total. The molecule has 1 fully saturated rings. The predicted octanol–water partition coefficient (Wildman–Crippen LogP) is 1.14. The molecule has 1 rings (SSSR count). The number of hydrogen-bond donors (Lipinski definition) is 1. The fourth-order valence-electron chi connectivity index (χ4n) is 1.51. The van der Waals surface area contributed by atoms with Crippen molar-refractivity contribution in [1.29, 1.82) is 0 Å². The first-order chi connectivity index (χ1) is 6.06. The minimum absolute atomic E-state index is 0.0903. The number of carbonyl (C=O) groups is 1. The van der Waals surface area contributed by atoms with Crippen LogP contribution in [-0.4, -0.2) is 28.5 Å². The van der Waals surface area contributed by atoms with Gasteiger partial charge in [0.15, 0.2) is 5.11 Å². The third-order valence-electron chi connectivity index (χ3n) is 2.13. The van der Waals surface area contributed by atoms with Gasteiger partial charge in [0.25, 0.3) is 5.91 Å². The van der Waals surface area contributed by atoms with Crippen molar-refractivity contribution in [3.8, 4) is 0 Å². The Morgan fingerprint density at radius 1 is 1.62 bits per heavy atom. The molecule has 74 valence electrons. The second-order valence-corrected chi connectivity index (χ2v) is 4.10. The Hall–Kier alpha value is -0.640. The van der Waals surface area contributed by atoms with Gasteiger partial charge in [-0.15, -0.1) is 0 Å². The van der Waals surface area contributed by atoms with E-state index in [2.05, 4.69) is 19.2 Å². The van der Waals surface area contributed by atoms with Crippen LogP contribution in [0.1, 0.15) is 27.2 Å². The van der Waals surface area contributed by atoms with Crippen LogP contribution in [0, 0.1) is 5.92 Å². The molecule has 0 aliphatic carbocycles. The lowest BCUT2D eigenvalue weighted by atomic mass is 10.0. The molecule has 0 aromatic carbocycles. The second kappa shape index (κ2) is 4.05. The molecule has 0 bridgehead atoms. The van der Waals surface area contributed by atoms with Crippen molar-refractivity contribution < 1.29 is 4.79 Å². The highest BCUT2D eigenvalue weighted by atomic mass is 32.1. The zero-order valence-corrected chi connectivity index (χ0v) is 9.15. The number of rotatable bonds is 3. The van der Waals surface area contributed by atoms with Gasteiger partial charge in [-0.2, -0.15) is 0 Å². The SMILES string of the molecule is CCN1C(=O)C(CC(C)C)NC1=S. The van der Waals surface area contributed by atoms with Crippen LogP contribution < -0.4 is 5.32 Å². The summed E-state index contributed by atoms with van der Waals surface area (Å²) >= 11 is 5.04. The maximum Gasteiger partial charge on any atom is 0.251 e. The van der Waals surface area contributed by atoms with Crippen molar-refractivity contribution in [3.63, 3.8) is 0 Å². The van der Waals surface area contributed by atoms with E-state index in [1.807, 2.05) is 6.92 Å². The van der Waals surface area contributed by atoms with Crippen molar-refractivity contribution in [1.82, 2.24) is 10.2 Å². The summed E-state index contributed by atoms with van der Waals surface area (Å²) in [7, 11) is 0. The molecule has 13 heavy (non-hydrogen) atoms. The molecule has 1 amide bonds. The van der Waals surface area contributed by atoms with E-state index in [1.165, 1.54) is 0 Å². The third-order valence-corrected chi connectivity index (χ3v) is 2.47.